The van der Waals surface area contributed by atoms with Crippen molar-refractivity contribution in [3.63, 3.8) is 0 Å². The van der Waals surface area contributed by atoms with Gasteiger partial charge in [-0.3, -0.25) is 4.98 Å². The van der Waals surface area contributed by atoms with Crippen LogP contribution >= 0.6 is 0 Å². The van der Waals surface area contributed by atoms with Gasteiger partial charge in [-0.25, -0.2) is 0 Å². The number of halogens is 3. The van der Waals surface area contributed by atoms with Gasteiger partial charge in [0.15, 0.2) is 0 Å². The summed E-state index contributed by atoms with van der Waals surface area (Å²) in [4.78, 5) is 4.65. The molecule has 0 saturated heterocycles. The minimum absolute atomic E-state index is 0.0206. The predicted molar refractivity (Wildman–Crippen MR) is 94.3 cm³/mol. The maximum atomic E-state index is 13.2. The monoisotopic (exact) mass is 345 g/mol. The number of pyridine rings is 1. The van der Waals surface area contributed by atoms with Crippen LogP contribution in [0.2, 0.25) is 0 Å². The SMILES string of the molecule is CC1CC(C)C(c2nccc3c4c(ccc23)C=CC(C(F)(F)F)C4)C1. The molecule has 1 saturated carbocycles. The summed E-state index contributed by atoms with van der Waals surface area (Å²) in [6, 6.07) is 5.88. The van der Waals surface area contributed by atoms with Gasteiger partial charge in [0.05, 0.1) is 11.6 Å². The molecule has 4 atom stereocenters. The van der Waals surface area contributed by atoms with Crippen LogP contribution in [0.15, 0.2) is 30.5 Å². The number of alkyl halides is 3. The van der Waals surface area contributed by atoms with Crippen LogP contribution < -0.4 is 0 Å². The average Bonchev–Trinajstić information content (AvgIpc) is 2.91. The van der Waals surface area contributed by atoms with Crippen LogP contribution in [-0.2, 0) is 6.42 Å². The average molecular weight is 345 g/mol. The van der Waals surface area contributed by atoms with Gasteiger partial charge in [0.2, 0.25) is 0 Å². The lowest BCUT2D eigenvalue weighted by molar-refractivity contribution is -0.160. The Morgan fingerprint density at radius 2 is 1.84 bits per heavy atom. The van der Waals surface area contributed by atoms with Gasteiger partial charge in [0.25, 0.3) is 0 Å². The summed E-state index contributed by atoms with van der Waals surface area (Å²) >= 11 is 0. The lowest BCUT2D eigenvalue weighted by Crippen LogP contribution is -2.25. The van der Waals surface area contributed by atoms with Gasteiger partial charge in [0.1, 0.15) is 0 Å². The molecular weight excluding hydrogens is 323 g/mol. The number of fused-ring (bicyclic) bond motifs is 3. The first-order valence-electron chi connectivity index (χ1n) is 9.00. The molecule has 0 aliphatic heterocycles. The number of hydrogen-bond donors (Lipinski definition) is 0. The van der Waals surface area contributed by atoms with E-state index in [1.807, 2.05) is 18.2 Å². The van der Waals surface area contributed by atoms with Crippen molar-refractivity contribution in [1.82, 2.24) is 4.98 Å². The summed E-state index contributed by atoms with van der Waals surface area (Å²) in [5, 5.41) is 1.97. The van der Waals surface area contributed by atoms with Crippen LogP contribution in [0.25, 0.3) is 16.8 Å². The van der Waals surface area contributed by atoms with Crippen molar-refractivity contribution >= 4 is 16.8 Å². The van der Waals surface area contributed by atoms with E-state index >= 15 is 0 Å². The molecule has 0 amide bonds. The third-order valence-corrected chi connectivity index (χ3v) is 5.95. The zero-order valence-corrected chi connectivity index (χ0v) is 14.5. The van der Waals surface area contributed by atoms with E-state index in [1.165, 1.54) is 12.5 Å². The molecule has 1 nitrogen and oxygen atoms in total. The Morgan fingerprint density at radius 3 is 2.52 bits per heavy atom. The van der Waals surface area contributed by atoms with Crippen LogP contribution in [0.3, 0.4) is 0 Å². The number of nitrogens with zero attached hydrogens (tertiary/aromatic N) is 1. The van der Waals surface area contributed by atoms with Gasteiger partial charge in [-0.2, -0.15) is 13.2 Å². The van der Waals surface area contributed by atoms with Crippen molar-refractivity contribution in [3.05, 3.63) is 47.3 Å². The molecule has 0 radical (unpaired) electrons. The molecule has 0 N–H and O–H groups in total. The van der Waals surface area contributed by atoms with Crippen molar-refractivity contribution in [2.75, 3.05) is 0 Å². The Hall–Kier alpha value is -1.84. The lowest BCUT2D eigenvalue weighted by Gasteiger charge is -2.24. The first-order chi connectivity index (χ1) is 11.8. The molecule has 25 heavy (non-hydrogen) atoms. The van der Waals surface area contributed by atoms with E-state index in [-0.39, 0.29) is 6.42 Å². The minimum Gasteiger partial charge on any atom is -0.260 e. The van der Waals surface area contributed by atoms with Crippen LogP contribution in [0.5, 0.6) is 0 Å². The highest BCUT2D eigenvalue weighted by atomic mass is 19.4. The molecule has 132 valence electrons. The number of benzene rings is 1. The molecule has 2 aliphatic rings. The van der Waals surface area contributed by atoms with Crippen molar-refractivity contribution < 1.29 is 13.2 Å². The maximum absolute atomic E-state index is 13.2. The van der Waals surface area contributed by atoms with E-state index in [9.17, 15) is 13.2 Å². The third-order valence-electron chi connectivity index (χ3n) is 5.95. The van der Waals surface area contributed by atoms with Crippen molar-refractivity contribution in [2.24, 2.45) is 17.8 Å². The first-order valence-corrected chi connectivity index (χ1v) is 9.00. The minimum atomic E-state index is -4.19. The van der Waals surface area contributed by atoms with Gasteiger partial charge in [-0.1, -0.05) is 38.1 Å². The Morgan fingerprint density at radius 1 is 1.04 bits per heavy atom. The quantitative estimate of drug-likeness (QED) is 0.605. The molecule has 2 aromatic rings. The summed E-state index contributed by atoms with van der Waals surface area (Å²) in [5.41, 5.74) is 2.78. The van der Waals surface area contributed by atoms with Gasteiger partial charge in [0, 0.05) is 17.5 Å². The lowest BCUT2D eigenvalue weighted by atomic mass is 9.84. The molecule has 4 heteroatoms. The van der Waals surface area contributed by atoms with E-state index in [2.05, 4.69) is 18.8 Å². The number of aromatic nitrogens is 1. The third kappa shape index (κ3) is 2.86. The highest BCUT2D eigenvalue weighted by molar-refractivity contribution is 5.91. The van der Waals surface area contributed by atoms with Crippen molar-refractivity contribution in [1.29, 1.82) is 0 Å². The second-order valence-electron chi connectivity index (χ2n) is 7.80. The Labute approximate surface area is 146 Å². The second kappa shape index (κ2) is 5.86. The summed E-state index contributed by atoms with van der Waals surface area (Å²) < 4.78 is 39.6. The molecule has 4 unspecified atom stereocenters. The highest BCUT2D eigenvalue weighted by Gasteiger charge is 2.39. The van der Waals surface area contributed by atoms with E-state index < -0.39 is 12.1 Å². The summed E-state index contributed by atoms with van der Waals surface area (Å²) in [5.74, 6) is 0.237. The van der Waals surface area contributed by atoms with E-state index in [4.69, 9.17) is 0 Å². The molecule has 2 aliphatic carbocycles. The zero-order chi connectivity index (χ0) is 17.8. The molecule has 1 aromatic heterocycles. The molecule has 0 bridgehead atoms. The molecule has 1 fully saturated rings. The van der Waals surface area contributed by atoms with Gasteiger partial charge in [-0.05, 0) is 53.7 Å². The highest BCUT2D eigenvalue weighted by Crippen LogP contribution is 2.45. The van der Waals surface area contributed by atoms with Crippen molar-refractivity contribution in [3.8, 4) is 0 Å². The molecular formula is C21H22F3N. The number of allylic oxidation sites excluding steroid dienone is 1. The van der Waals surface area contributed by atoms with Gasteiger partial charge >= 0.3 is 6.18 Å². The van der Waals surface area contributed by atoms with Crippen LogP contribution in [-0.4, -0.2) is 11.2 Å². The van der Waals surface area contributed by atoms with E-state index in [0.717, 1.165) is 34.0 Å². The number of hydrogen-bond acceptors (Lipinski definition) is 1. The van der Waals surface area contributed by atoms with Crippen LogP contribution in [0, 0.1) is 17.8 Å². The molecule has 0 spiro atoms. The number of rotatable bonds is 1. The van der Waals surface area contributed by atoms with Gasteiger partial charge in [-0.15, -0.1) is 0 Å². The Bertz CT molecular complexity index is 837. The van der Waals surface area contributed by atoms with Crippen LogP contribution in [0.4, 0.5) is 13.2 Å². The molecule has 1 aromatic carbocycles. The Balaban J connectivity index is 1.82. The summed E-state index contributed by atoms with van der Waals surface area (Å²) in [7, 11) is 0. The first kappa shape index (κ1) is 16.6. The summed E-state index contributed by atoms with van der Waals surface area (Å²) in [6.07, 6.45) is 2.80. The standard InChI is InChI=1S/C21H22F3N/c1-12-9-13(2)18(10-12)20-17-6-4-14-3-5-15(21(22,23)24)11-19(14)16(17)7-8-25-20/h3-8,12-13,15,18H,9-11H2,1-2H3. The van der Waals surface area contributed by atoms with Crippen molar-refractivity contribution in [2.45, 2.75) is 45.2 Å². The zero-order valence-electron chi connectivity index (χ0n) is 14.5. The van der Waals surface area contributed by atoms with Gasteiger partial charge < -0.3 is 0 Å². The largest absolute Gasteiger partial charge is 0.395 e. The molecule has 4 rings (SSSR count). The predicted octanol–water partition coefficient (Wildman–Crippen LogP) is 6.13. The van der Waals surface area contributed by atoms with Crippen LogP contribution in [0.1, 0.15) is 49.4 Å². The van der Waals surface area contributed by atoms with E-state index in [1.54, 1.807) is 12.3 Å². The molecule has 1 heterocycles. The maximum Gasteiger partial charge on any atom is 0.395 e. The fourth-order valence-corrected chi connectivity index (χ4v) is 4.71. The van der Waals surface area contributed by atoms with E-state index in [0.29, 0.717) is 17.8 Å². The second-order valence-corrected chi connectivity index (χ2v) is 7.80. The summed E-state index contributed by atoms with van der Waals surface area (Å²) in [6.45, 7) is 4.53. The smallest absolute Gasteiger partial charge is 0.260 e. The Kier molecular flexibility index (Phi) is 3.89. The fourth-order valence-electron chi connectivity index (χ4n) is 4.71. The topological polar surface area (TPSA) is 12.9 Å². The normalized spacial score (nSPS) is 29.2. The fraction of sp³-hybridized carbons (Fsp3) is 0.476.